The van der Waals surface area contributed by atoms with Gasteiger partial charge in [-0.2, -0.15) is 0 Å². The zero-order valence-electron chi connectivity index (χ0n) is 12.7. The SMILES string of the molecule is COC(=O)CCc1c(C(=O)c2ccccc2)oc2c1C=[C+]C=C2. The molecule has 0 spiro atoms. The molecule has 0 N–H and O–H groups in total. The predicted molar refractivity (Wildman–Crippen MR) is 85.7 cm³/mol. The van der Waals surface area contributed by atoms with Gasteiger partial charge in [-0.15, -0.1) is 0 Å². The standard InChI is InChI=1S/C19H15O4/c1-22-17(20)12-11-15-14-9-5-6-10-16(14)23-19(15)18(21)13-7-3-2-4-8-13/h2-4,6-10H,11-12H2,1H3/q+1. The summed E-state index contributed by atoms with van der Waals surface area (Å²) in [5, 5.41) is 0. The lowest BCUT2D eigenvalue weighted by Gasteiger charge is -2.01. The van der Waals surface area contributed by atoms with E-state index in [0.717, 1.165) is 11.1 Å². The van der Waals surface area contributed by atoms with Crippen LogP contribution in [-0.2, 0) is 16.0 Å². The average Bonchev–Trinajstić information content (AvgIpc) is 2.98. The van der Waals surface area contributed by atoms with Crippen LogP contribution in [0.25, 0.3) is 12.2 Å². The highest BCUT2D eigenvalue weighted by Gasteiger charge is 2.29. The largest absolute Gasteiger partial charge is 0.469 e. The Morgan fingerprint density at radius 1 is 1.22 bits per heavy atom. The Labute approximate surface area is 134 Å². The molecular weight excluding hydrogens is 292 g/mol. The molecular formula is C19H15O4+. The number of allylic oxidation sites excluding steroid dienone is 2. The quantitative estimate of drug-likeness (QED) is 0.482. The van der Waals surface area contributed by atoms with Crippen molar-refractivity contribution in [1.82, 2.24) is 0 Å². The van der Waals surface area contributed by atoms with E-state index in [9.17, 15) is 9.59 Å². The summed E-state index contributed by atoms with van der Waals surface area (Å²) < 4.78 is 10.4. The molecule has 1 heterocycles. The first-order chi connectivity index (χ1) is 11.2. The molecule has 114 valence electrons. The molecule has 0 saturated carbocycles. The lowest BCUT2D eigenvalue weighted by atomic mass is 9.97. The highest BCUT2D eigenvalue weighted by Crippen LogP contribution is 2.30. The Morgan fingerprint density at radius 2 is 2.00 bits per heavy atom. The minimum atomic E-state index is -0.322. The van der Waals surface area contributed by atoms with E-state index in [4.69, 9.17) is 4.42 Å². The summed E-state index contributed by atoms with van der Waals surface area (Å²) in [6.45, 7) is 0. The fraction of sp³-hybridized carbons (Fsp3) is 0.158. The van der Waals surface area contributed by atoms with Crippen LogP contribution in [-0.4, -0.2) is 18.9 Å². The molecule has 1 aromatic carbocycles. The lowest BCUT2D eigenvalue weighted by molar-refractivity contribution is -0.140. The third-order valence-electron chi connectivity index (χ3n) is 3.68. The Balaban J connectivity index is 2.00. The molecule has 4 nitrogen and oxygen atoms in total. The second-order valence-electron chi connectivity index (χ2n) is 5.10. The van der Waals surface area contributed by atoms with Gasteiger partial charge in [0.15, 0.2) is 5.76 Å². The zero-order valence-corrected chi connectivity index (χ0v) is 12.7. The van der Waals surface area contributed by atoms with Crippen LogP contribution in [0, 0.1) is 6.08 Å². The van der Waals surface area contributed by atoms with Crippen LogP contribution in [0.5, 0.6) is 0 Å². The number of rotatable bonds is 5. The maximum absolute atomic E-state index is 12.7. The number of fused-ring (bicyclic) bond motifs is 1. The van der Waals surface area contributed by atoms with E-state index in [1.165, 1.54) is 7.11 Å². The molecule has 0 atom stereocenters. The van der Waals surface area contributed by atoms with E-state index < -0.39 is 0 Å². The van der Waals surface area contributed by atoms with E-state index in [0.29, 0.717) is 17.7 Å². The summed E-state index contributed by atoms with van der Waals surface area (Å²) >= 11 is 0. The molecule has 1 aliphatic carbocycles. The van der Waals surface area contributed by atoms with Crippen LogP contribution < -0.4 is 0 Å². The maximum Gasteiger partial charge on any atom is 0.305 e. The van der Waals surface area contributed by atoms with E-state index >= 15 is 0 Å². The second-order valence-corrected chi connectivity index (χ2v) is 5.10. The van der Waals surface area contributed by atoms with Crippen molar-refractivity contribution in [1.29, 1.82) is 0 Å². The van der Waals surface area contributed by atoms with Crippen molar-refractivity contribution in [3.05, 3.63) is 70.7 Å². The molecule has 0 aliphatic heterocycles. The molecule has 2 aromatic rings. The van der Waals surface area contributed by atoms with E-state index in [-0.39, 0.29) is 23.9 Å². The van der Waals surface area contributed by atoms with Gasteiger partial charge in [0.25, 0.3) is 0 Å². The van der Waals surface area contributed by atoms with Crippen molar-refractivity contribution in [3.8, 4) is 0 Å². The van der Waals surface area contributed by atoms with Gasteiger partial charge in [0.2, 0.25) is 11.5 Å². The highest BCUT2D eigenvalue weighted by molar-refractivity contribution is 6.08. The molecule has 0 radical (unpaired) electrons. The molecule has 4 heteroatoms. The highest BCUT2D eigenvalue weighted by atomic mass is 16.5. The van der Waals surface area contributed by atoms with Crippen LogP contribution >= 0.6 is 0 Å². The Bertz CT molecular complexity index is 794. The number of carbonyl (C=O) groups excluding carboxylic acids is 2. The number of hydrogen-bond acceptors (Lipinski definition) is 4. The van der Waals surface area contributed by atoms with Gasteiger partial charge in [0.05, 0.1) is 25.2 Å². The summed E-state index contributed by atoms with van der Waals surface area (Å²) in [6.07, 6.45) is 8.81. The molecule has 0 fully saturated rings. The number of esters is 1. The molecule has 1 aliphatic rings. The topological polar surface area (TPSA) is 56.5 Å². The fourth-order valence-electron chi connectivity index (χ4n) is 2.52. The van der Waals surface area contributed by atoms with E-state index in [1.807, 2.05) is 6.07 Å². The third kappa shape index (κ3) is 2.98. The minimum Gasteiger partial charge on any atom is -0.469 e. The molecule has 0 bridgehead atoms. The summed E-state index contributed by atoms with van der Waals surface area (Å²) in [5.41, 5.74) is 2.07. The normalized spacial score (nSPS) is 11.7. The van der Waals surface area contributed by atoms with Crippen LogP contribution in [0.3, 0.4) is 0 Å². The van der Waals surface area contributed by atoms with Gasteiger partial charge in [-0.25, -0.2) is 0 Å². The van der Waals surface area contributed by atoms with Crippen LogP contribution in [0.1, 0.15) is 39.4 Å². The third-order valence-corrected chi connectivity index (χ3v) is 3.68. The van der Waals surface area contributed by atoms with Crippen molar-refractivity contribution >= 4 is 23.9 Å². The molecule has 3 rings (SSSR count). The van der Waals surface area contributed by atoms with Gasteiger partial charge in [-0.1, -0.05) is 30.3 Å². The minimum absolute atomic E-state index is 0.190. The van der Waals surface area contributed by atoms with Crippen LogP contribution in [0.4, 0.5) is 0 Å². The number of carbonyl (C=O) groups is 2. The van der Waals surface area contributed by atoms with Crippen molar-refractivity contribution < 1.29 is 18.7 Å². The summed E-state index contributed by atoms with van der Waals surface area (Å²) in [6, 6.07) is 8.94. The van der Waals surface area contributed by atoms with Gasteiger partial charge in [0, 0.05) is 11.6 Å². The van der Waals surface area contributed by atoms with Gasteiger partial charge >= 0.3 is 5.97 Å². The predicted octanol–water partition coefficient (Wildman–Crippen LogP) is 3.46. The summed E-state index contributed by atoms with van der Waals surface area (Å²) in [5.74, 6) is 0.372. The van der Waals surface area contributed by atoms with E-state index in [1.54, 1.807) is 42.5 Å². The van der Waals surface area contributed by atoms with Gasteiger partial charge < -0.3 is 9.15 Å². The second kappa shape index (κ2) is 6.42. The molecule has 1 aromatic heterocycles. The number of ether oxygens (including phenoxy) is 1. The Kier molecular flexibility index (Phi) is 4.18. The maximum atomic E-state index is 12.7. The first kappa shape index (κ1) is 14.9. The van der Waals surface area contributed by atoms with Gasteiger partial charge in [-0.3, -0.25) is 9.59 Å². The molecule has 0 unspecified atom stereocenters. The number of furan rings is 1. The van der Waals surface area contributed by atoms with Gasteiger partial charge in [0.1, 0.15) is 17.7 Å². The van der Waals surface area contributed by atoms with Crippen molar-refractivity contribution in [3.63, 3.8) is 0 Å². The number of hydrogen-bond donors (Lipinski definition) is 0. The van der Waals surface area contributed by atoms with E-state index in [2.05, 4.69) is 10.8 Å². The number of ketones is 1. The van der Waals surface area contributed by atoms with Crippen LogP contribution in [0.2, 0.25) is 0 Å². The Morgan fingerprint density at radius 3 is 2.74 bits per heavy atom. The average molecular weight is 307 g/mol. The first-order valence-corrected chi connectivity index (χ1v) is 7.28. The van der Waals surface area contributed by atoms with Crippen molar-refractivity contribution in [2.45, 2.75) is 12.8 Å². The summed E-state index contributed by atoms with van der Waals surface area (Å²) in [7, 11) is 1.35. The summed E-state index contributed by atoms with van der Waals surface area (Å²) in [4.78, 5) is 24.2. The van der Waals surface area contributed by atoms with Crippen LogP contribution in [0.15, 0.2) is 40.8 Å². The van der Waals surface area contributed by atoms with Gasteiger partial charge in [-0.05, 0) is 6.42 Å². The number of methoxy groups -OCH3 is 1. The van der Waals surface area contributed by atoms with Crippen molar-refractivity contribution in [2.24, 2.45) is 0 Å². The van der Waals surface area contributed by atoms with Crippen molar-refractivity contribution in [2.75, 3.05) is 7.11 Å². The first-order valence-electron chi connectivity index (χ1n) is 7.28. The molecule has 0 amide bonds. The molecule has 0 saturated heterocycles. The molecule has 23 heavy (non-hydrogen) atoms. The lowest BCUT2D eigenvalue weighted by Crippen LogP contribution is -2.07. The fourth-order valence-corrected chi connectivity index (χ4v) is 2.52. The Hall–Kier alpha value is -2.97. The smallest absolute Gasteiger partial charge is 0.305 e. The monoisotopic (exact) mass is 307 g/mol. The zero-order chi connectivity index (χ0) is 16.2. The number of benzene rings is 1.